The fourth-order valence-electron chi connectivity index (χ4n) is 2.84. The molecular formula is C21H25F3N4. The summed E-state index contributed by atoms with van der Waals surface area (Å²) in [5.41, 5.74) is 0.638. The van der Waals surface area contributed by atoms with Gasteiger partial charge in [-0.15, -0.1) is 0 Å². The molecule has 0 fully saturated rings. The van der Waals surface area contributed by atoms with Crippen molar-refractivity contribution < 1.29 is 13.2 Å². The molecule has 28 heavy (non-hydrogen) atoms. The van der Waals surface area contributed by atoms with Gasteiger partial charge in [0.05, 0.1) is 11.3 Å². The Kier molecular flexibility index (Phi) is 7.14. The van der Waals surface area contributed by atoms with E-state index in [0.29, 0.717) is 23.4 Å². The number of nitrogens with one attached hydrogen (secondary N) is 1. The second-order valence-electron chi connectivity index (χ2n) is 7.06. The van der Waals surface area contributed by atoms with Crippen LogP contribution in [-0.4, -0.2) is 22.1 Å². The van der Waals surface area contributed by atoms with Gasteiger partial charge in [-0.25, -0.2) is 9.97 Å². The topological polar surface area (TPSA) is 61.6 Å². The lowest BCUT2D eigenvalue weighted by atomic mass is 9.95. The van der Waals surface area contributed by atoms with E-state index in [2.05, 4.69) is 36.1 Å². The smallest absolute Gasteiger partial charge is 0.312 e. The van der Waals surface area contributed by atoms with Crippen molar-refractivity contribution in [1.82, 2.24) is 15.3 Å². The number of rotatable bonds is 8. The zero-order valence-electron chi connectivity index (χ0n) is 16.4. The molecule has 0 saturated carbocycles. The van der Waals surface area contributed by atoms with Gasteiger partial charge in [0.1, 0.15) is 6.07 Å². The number of hydrogen-bond donors (Lipinski definition) is 1. The van der Waals surface area contributed by atoms with Gasteiger partial charge >= 0.3 is 6.18 Å². The summed E-state index contributed by atoms with van der Waals surface area (Å²) >= 11 is 0. The highest BCUT2D eigenvalue weighted by molar-refractivity contribution is 5.61. The van der Waals surface area contributed by atoms with Crippen LogP contribution in [0.4, 0.5) is 13.2 Å². The van der Waals surface area contributed by atoms with Crippen LogP contribution in [0.5, 0.6) is 0 Å². The number of halogens is 3. The van der Waals surface area contributed by atoms with Crippen molar-refractivity contribution in [2.45, 2.75) is 58.2 Å². The van der Waals surface area contributed by atoms with Crippen LogP contribution in [0, 0.1) is 11.3 Å². The summed E-state index contributed by atoms with van der Waals surface area (Å²) in [6.45, 7) is 7.25. The summed E-state index contributed by atoms with van der Waals surface area (Å²) in [6.07, 6.45) is -0.968. The van der Waals surface area contributed by atoms with E-state index in [4.69, 9.17) is 0 Å². The van der Waals surface area contributed by atoms with E-state index in [1.807, 2.05) is 6.07 Å². The molecule has 7 heteroatoms. The van der Waals surface area contributed by atoms with Gasteiger partial charge in [0.25, 0.3) is 0 Å². The van der Waals surface area contributed by atoms with Crippen LogP contribution in [0.25, 0.3) is 11.3 Å². The first-order valence-corrected chi connectivity index (χ1v) is 9.41. The second kappa shape index (κ2) is 9.16. The predicted molar refractivity (Wildman–Crippen MR) is 102 cm³/mol. The monoisotopic (exact) mass is 390 g/mol. The molecule has 0 atom stereocenters. The minimum absolute atomic E-state index is 0.0372. The Morgan fingerprint density at radius 1 is 1.11 bits per heavy atom. The molecule has 0 aliphatic carbocycles. The maximum absolute atomic E-state index is 13.0. The average Bonchev–Trinajstić information content (AvgIpc) is 2.70. The first-order valence-electron chi connectivity index (χ1n) is 9.41. The molecule has 0 unspecified atom stereocenters. The lowest BCUT2D eigenvalue weighted by Crippen LogP contribution is -2.41. The SMILES string of the molecule is CCC(C)(CC)NCCCc1cc(-c2cccc(C(F)(F)F)c2)nc(C#N)n1. The standard InChI is InChI=1S/C21H25F3N4/c1-4-20(3,5-2)26-11-7-10-17-13-18(28-19(14-25)27-17)15-8-6-9-16(12-15)21(22,23)24/h6,8-9,12-13,26H,4-5,7,10-11H2,1-3H3. The van der Waals surface area contributed by atoms with E-state index in [-0.39, 0.29) is 11.4 Å². The number of hydrogen-bond acceptors (Lipinski definition) is 4. The number of nitriles is 1. The number of benzene rings is 1. The fourth-order valence-corrected chi connectivity index (χ4v) is 2.84. The molecule has 1 heterocycles. The average molecular weight is 390 g/mol. The van der Waals surface area contributed by atoms with Gasteiger partial charge < -0.3 is 5.32 Å². The molecule has 2 aromatic rings. The summed E-state index contributed by atoms with van der Waals surface area (Å²) in [5, 5.41) is 12.7. The Bertz CT molecular complexity index is 836. The van der Waals surface area contributed by atoms with Crippen LogP contribution in [-0.2, 0) is 12.6 Å². The van der Waals surface area contributed by atoms with Crippen molar-refractivity contribution in [2.24, 2.45) is 0 Å². The molecule has 1 aromatic carbocycles. The zero-order valence-corrected chi connectivity index (χ0v) is 16.4. The molecule has 0 aliphatic heterocycles. The summed E-state index contributed by atoms with van der Waals surface area (Å²) in [4.78, 5) is 8.28. The summed E-state index contributed by atoms with van der Waals surface area (Å²) < 4.78 is 38.9. The van der Waals surface area contributed by atoms with Crippen molar-refractivity contribution >= 4 is 0 Å². The lowest BCUT2D eigenvalue weighted by molar-refractivity contribution is -0.137. The van der Waals surface area contributed by atoms with Gasteiger partial charge in [0, 0.05) is 16.8 Å². The molecule has 0 spiro atoms. The second-order valence-corrected chi connectivity index (χ2v) is 7.06. The number of alkyl halides is 3. The van der Waals surface area contributed by atoms with Crippen molar-refractivity contribution in [1.29, 1.82) is 5.26 Å². The first-order chi connectivity index (χ1) is 13.2. The van der Waals surface area contributed by atoms with Crippen LogP contribution < -0.4 is 5.32 Å². The van der Waals surface area contributed by atoms with Gasteiger partial charge in [0.2, 0.25) is 5.82 Å². The summed E-state index contributed by atoms with van der Waals surface area (Å²) in [6, 6.07) is 8.51. The highest BCUT2D eigenvalue weighted by atomic mass is 19.4. The molecule has 1 aromatic heterocycles. The molecule has 4 nitrogen and oxygen atoms in total. The van der Waals surface area contributed by atoms with Crippen molar-refractivity contribution in [3.05, 3.63) is 47.4 Å². The minimum atomic E-state index is -4.43. The number of aromatic nitrogens is 2. The van der Waals surface area contributed by atoms with Gasteiger partial charge in [-0.05, 0) is 57.4 Å². The molecule has 1 N–H and O–H groups in total. The Balaban J connectivity index is 2.18. The van der Waals surface area contributed by atoms with E-state index in [0.717, 1.165) is 37.9 Å². The summed E-state index contributed by atoms with van der Waals surface area (Å²) in [5.74, 6) is -0.0372. The third kappa shape index (κ3) is 5.77. The third-order valence-corrected chi connectivity index (χ3v) is 5.09. The lowest BCUT2D eigenvalue weighted by Gasteiger charge is -2.28. The van der Waals surface area contributed by atoms with Gasteiger partial charge in [0.15, 0.2) is 0 Å². The van der Waals surface area contributed by atoms with Gasteiger partial charge in [-0.2, -0.15) is 18.4 Å². The van der Waals surface area contributed by atoms with Crippen LogP contribution >= 0.6 is 0 Å². The molecular weight excluding hydrogens is 365 g/mol. The molecule has 0 aliphatic rings. The van der Waals surface area contributed by atoms with E-state index in [1.54, 1.807) is 12.1 Å². The first kappa shape index (κ1) is 21.8. The molecule has 0 bridgehead atoms. The van der Waals surface area contributed by atoms with Crippen molar-refractivity contribution in [2.75, 3.05) is 6.54 Å². The van der Waals surface area contributed by atoms with E-state index < -0.39 is 11.7 Å². The molecule has 0 radical (unpaired) electrons. The van der Waals surface area contributed by atoms with Gasteiger partial charge in [-0.1, -0.05) is 26.0 Å². The third-order valence-electron chi connectivity index (χ3n) is 5.09. The van der Waals surface area contributed by atoms with Crippen LogP contribution in [0.15, 0.2) is 30.3 Å². The Hall–Kier alpha value is -2.46. The predicted octanol–water partition coefficient (Wildman–Crippen LogP) is 5.13. The number of nitrogens with zero attached hydrogens (tertiary/aromatic N) is 3. The Morgan fingerprint density at radius 2 is 1.82 bits per heavy atom. The zero-order chi connectivity index (χ0) is 20.8. The quantitative estimate of drug-likeness (QED) is 0.635. The maximum atomic E-state index is 13.0. The fraction of sp³-hybridized carbons (Fsp3) is 0.476. The highest BCUT2D eigenvalue weighted by Gasteiger charge is 2.30. The van der Waals surface area contributed by atoms with Gasteiger partial charge in [-0.3, -0.25) is 0 Å². The van der Waals surface area contributed by atoms with Crippen LogP contribution in [0.3, 0.4) is 0 Å². The minimum Gasteiger partial charge on any atom is -0.312 e. The van der Waals surface area contributed by atoms with E-state index in [9.17, 15) is 18.4 Å². The van der Waals surface area contributed by atoms with Crippen molar-refractivity contribution in [3.8, 4) is 17.3 Å². The van der Waals surface area contributed by atoms with E-state index in [1.165, 1.54) is 6.07 Å². The molecule has 2 rings (SSSR count). The molecule has 150 valence electrons. The molecule has 0 amide bonds. The van der Waals surface area contributed by atoms with Crippen LogP contribution in [0.1, 0.15) is 57.1 Å². The maximum Gasteiger partial charge on any atom is 0.416 e. The Morgan fingerprint density at radius 3 is 2.43 bits per heavy atom. The Labute approximate surface area is 163 Å². The van der Waals surface area contributed by atoms with E-state index >= 15 is 0 Å². The highest BCUT2D eigenvalue weighted by Crippen LogP contribution is 2.31. The normalized spacial score (nSPS) is 12.0. The van der Waals surface area contributed by atoms with Crippen LogP contribution in [0.2, 0.25) is 0 Å². The summed E-state index contributed by atoms with van der Waals surface area (Å²) in [7, 11) is 0. The van der Waals surface area contributed by atoms with Crippen molar-refractivity contribution in [3.63, 3.8) is 0 Å². The number of aryl methyl sites for hydroxylation is 1. The largest absolute Gasteiger partial charge is 0.416 e. The molecule has 0 saturated heterocycles.